The maximum Gasteiger partial charge on any atom is 0.00924 e. The molecule has 3 aliphatic rings. The van der Waals surface area contributed by atoms with Crippen molar-refractivity contribution < 1.29 is 0 Å². The Bertz CT molecular complexity index is 297. The number of hydrogen-bond donors (Lipinski definition) is 1. The molecule has 3 saturated carbocycles. The van der Waals surface area contributed by atoms with E-state index in [1.165, 1.54) is 96.6 Å². The highest BCUT2D eigenvalue weighted by Crippen LogP contribution is 2.38. The van der Waals surface area contributed by atoms with Gasteiger partial charge >= 0.3 is 0 Å². The average Bonchev–Trinajstić information content (AvgIpc) is 3.33. The molecule has 1 N–H and O–H groups in total. The van der Waals surface area contributed by atoms with Crippen LogP contribution in [-0.2, 0) is 0 Å². The van der Waals surface area contributed by atoms with Gasteiger partial charge in [-0.1, -0.05) is 44.9 Å². The fourth-order valence-corrected chi connectivity index (χ4v) is 4.70. The van der Waals surface area contributed by atoms with Crippen molar-refractivity contribution in [2.75, 3.05) is 20.1 Å². The third-order valence-electron chi connectivity index (χ3n) is 6.29. The summed E-state index contributed by atoms with van der Waals surface area (Å²) in [5.41, 5.74) is 0.585. The summed E-state index contributed by atoms with van der Waals surface area (Å²) >= 11 is 0. The third-order valence-corrected chi connectivity index (χ3v) is 6.29. The van der Waals surface area contributed by atoms with E-state index in [1.807, 2.05) is 0 Å². The summed E-state index contributed by atoms with van der Waals surface area (Å²) < 4.78 is 0. The Morgan fingerprint density at radius 2 is 1.48 bits per heavy atom. The highest BCUT2D eigenvalue weighted by atomic mass is 15.1. The molecule has 0 heterocycles. The molecule has 2 heteroatoms. The minimum Gasteiger partial charge on any atom is -0.313 e. The molecule has 21 heavy (non-hydrogen) atoms. The van der Waals surface area contributed by atoms with Crippen molar-refractivity contribution in [1.29, 1.82) is 0 Å². The van der Waals surface area contributed by atoms with Crippen molar-refractivity contribution in [3.8, 4) is 0 Å². The zero-order valence-electron chi connectivity index (χ0n) is 14.2. The first kappa shape index (κ1) is 15.8. The van der Waals surface area contributed by atoms with E-state index in [1.54, 1.807) is 0 Å². The number of rotatable bonds is 6. The second-order valence-corrected chi connectivity index (χ2v) is 8.28. The molecule has 0 amide bonds. The molecule has 0 aromatic carbocycles. The van der Waals surface area contributed by atoms with E-state index in [0.29, 0.717) is 5.41 Å². The largest absolute Gasteiger partial charge is 0.313 e. The molecular weight excluding hydrogens is 256 g/mol. The minimum absolute atomic E-state index is 0.585. The second-order valence-electron chi connectivity index (χ2n) is 8.28. The van der Waals surface area contributed by atoms with Crippen LogP contribution in [0.3, 0.4) is 0 Å². The Balaban J connectivity index is 1.56. The molecule has 3 rings (SSSR count). The average molecular weight is 293 g/mol. The predicted octanol–water partition coefficient (Wildman–Crippen LogP) is 4.34. The Hall–Kier alpha value is -0.0800. The molecule has 3 fully saturated rings. The summed E-state index contributed by atoms with van der Waals surface area (Å²) in [5, 5.41) is 3.86. The molecule has 0 aliphatic heterocycles. The molecule has 0 unspecified atom stereocenters. The quantitative estimate of drug-likeness (QED) is 0.732. The zero-order valence-corrected chi connectivity index (χ0v) is 14.2. The second kappa shape index (κ2) is 7.46. The van der Waals surface area contributed by atoms with Gasteiger partial charge in [0.05, 0.1) is 0 Å². The van der Waals surface area contributed by atoms with E-state index in [-0.39, 0.29) is 0 Å². The monoisotopic (exact) mass is 292 g/mol. The third kappa shape index (κ3) is 4.69. The van der Waals surface area contributed by atoms with Gasteiger partial charge < -0.3 is 10.2 Å². The lowest BCUT2D eigenvalue weighted by atomic mass is 9.73. The van der Waals surface area contributed by atoms with Gasteiger partial charge in [0, 0.05) is 25.2 Å². The lowest BCUT2D eigenvalue weighted by Crippen LogP contribution is -2.47. The Morgan fingerprint density at radius 1 is 0.857 bits per heavy atom. The van der Waals surface area contributed by atoms with Crippen LogP contribution in [0.15, 0.2) is 0 Å². The van der Waals surface area contributed by atoms with E-state index >= 15 is 0 Å². The van der Waals surface area contributed by atoms with Gasteiger partial charge in [0.2, 0.25) is 0 Å². The lowest BCUT2D eigenvalue weighted by molar-refractivity contribution is 0.0870. The van der Waals surface area contributed by atoms with Crippen molar-refractivity contribution in [2.45, 2.75) is 95.6 Å². The van der Waals surface area contributed by atoms with Crippen LogP contribution in [0.1, 0.15) is 83.5 Å². The number of nitrogens with one attached hydrogen (secondary N) is 1. The first-order valence-electron chi connectivity index (χ1n) is 9.71. The Labute approximate surface area is 132 Å². The SMILES string of the molecule is CN(CC1(CNC2CC2)CCCCC1)C1CCCCCC1. The van der Waals surface area contributed by atoms with Gasteiger partial charge in [-0.3, -0.25) is 0 Å². The van der Waals surface area contributed by atoms with Crippen LogP contribution in [0.2, 0.25) is 0 Å². The summed E-state index contributed by atoms with van der Waals surface area (Å²) in [4.78, 5) is 2.76. The van der Waals surface area contributed by atoms with Crippen molar-refractivity contribution in [3.63, 3.8) is 0 Å². The first-order valence-corrected chi connectivity index (χ1v) is 9.71. The van der Waals surface area contributed by atoms with E-state index < -0.39 is 0 Å². The summed E-state index contributed by atoms with van der Waals surface area (Å²) in [6.07, 6.45) is 18.9. The fourth-order valence-electron chi connectivity index (χ4n) is 4.70. The molecule has 0 aromatic rings. The normalized spacial score (nSPS) is 27.7. The standard InChI is InChI=1S/C19H36N2/c1-21(18-9-5-2-3-6-10-18)16-19(13-7-4-8-14-19)15-20-17-11-12-17/h17-18,20H,2-16H2,1H3. The lowest BCUT2D eigenvalue weighted by Gasteiger charge is -2.42. The summed E-state index contributed by atoms with van der Waals surface area (Å²) in [6.45, 7) is 2.63. The molecule has 122 valence electrons. The van der Waals surface area contributed by atoms with Gasteiger partial charge in [-0.2, -0.15) is 0 Å². The number of nitrogens with zero attached hydrogens (tertiary/aromatic N) is 1. The highest BCUT2D eigenvalue weighted by Gasteiger charge is 2.36. The van der Waals surface area contributed by atoms with Gasteiger partial charge in [-0.25, -0.2) is 0 Å². The van der Waals surface area contributed by atoms with E-state index in [2.05, 4.69) is 17.3 Å². The van der Waals surface area contributed by atoms with Crippen LogP contribution in [0.4, 0.5) is 0 Å². The van der Waals surface area contributed by atoms with Crippen LogP contribution in [-0.4, -0.2) is 37.1 Å². The van der Waals surface area contributed by atoms with Gasteiger partial charge in [-0.15, -0.1) is 0 Å². The Kier molecular flexibility index (Phi) is 5.61. The van der Waals surface area contributed by atoms with E-state index in [4.69, 9.17) is 0 Å². The van der Waals surface area contributed by atoms with Crippen molar-refractivity contribution in [3.05, 3.63) is 0 Å². The van der Waals surface area contributed by atoms with E-state index in [0.717, 1.165) is 12.1 Å². The van der Waals surface area contributed by atoms with Crippen LogP contribution in [0, 0.1) is 5.41 Å². The fraction of sp³-hybridized carbons (Fsp3) is 1.00. The minimum atomic E-state index is 0.585. The van der Waals surface area contributed by atoms with Crippen LogP contribution in [0.25, 0.3) is 0 Å². The highest BCUT2D eigenvalue weighted by molar-refractivity contribution is 4.92. The van der Waals surface area contributed by atoms with Crippen LogP contribution >= 0.6 is 0 Å². The summed E-state index contributed by atoms with van der Waals surface area (Å²) in [5.74, 6) is 0. The van der Waals surface area contributed by atoms with Gasteiger partial charge in [0.15, 0.2) is 0 Å². The predicted molar refractivity (Wildman–Crippen MR) is 90.7 cm³/mol. The van der Waals surface area contributed by atoms with Crippen molar-refractivity contribution in [2.24, 2.45) is 5.41 Å². The maximum absolute atomic E-state index is 3.86. The Morgan fingerprint density at radius 3 is 2.10 bits per heavy atom. The molecular formula is C19H36N2. The molecule has 0 atom stereocenters. The smallest absolute Gasteiger partial charge is 0.00924 e. The number of hydrogen-bond acceptors (Lipinski definition) is 2. The topological polar surface area (TPSA) is 15.3 Å². The molecule has 0 spiro atoms. The molecule has 0 aromatic heterocycles. The van der Waals surface area contributed by atoms with Gasteiger partial charge in [-0.05, 0) is 51.0 Å². The molecule has 2 nitrogen and oxygen atoms in total. The molecule has 0 saturated heterocycles. The molecule has 3 aliphatic carbocycles. The van der Waals surface area contributed by atoms with Crippen LogP contribution < -0.4 is 5.32 Å². The van der Waals surface area contributed by atoms with Crippen molar-refractivity contribution >= 4 is 0 Å². The van der Waals surface area contributed by atoms with Crippen LogP contribution in [0.5, 0.6) is 0 Å². The molecule has 0 bridgehead atoms. The summed E-state index contributed by atoms with van der Waals surface area (Å²) in [7, 11) is 2.42. The maximum atomic E-state index is 3.86. The van der Waals surface area contributed by atoms with E-state index in [9.17, 15) is 0 Å². The van der Waals surface area contributed by atoms with Gasteiger partial charge in [0.1, 0.15) is 0 Å². The molecule has 0 radical (unpaired) electrons. The zero-order chi connectivity index (χ0) is 14.5. The first-order chi connectivity index (χ1) is 10.3. The van der Waals surface area contributed by atoms with Gasteiger partial charge in [0.25, 0.3) is 0 Å². The summed E-state index contributed by atoms with van der Waals surface area (Å²) in [6, 6.07) is 1.74. The van der Waals surface area contributed by atoms with Crippen molar-refractivity contribution in [1.82, 2.24) is 10.2 Å².